The summed E-state index contributed by atoms with van der Waals surface area (Å²) >= 11 is 0. The molecular weight excluding hydrogens is 363 g/mol. The van der Waals surface area contributed by atoms with Crippen molar-refractivity contribution in [3.8, 4) is 5.75 Å². The van der Waals surface area contributed by atoms with Gasteiger partial charge in [-0.3, -0.25) is 9.59 Å². The van der Waals surface area contributed by atoms with Gasteiger partial charge in [0.15, 0.2) is 11.6 Å². The third-order valence-electron chi connectivity index (χ3n) is 5.98. The molecule has 2 amide bonds. The van der Waals surface area contributed by atoms with Crippen LogP contribution in [0.25, 0.3) is 0 Å². The van der Waals surface area contributed by atoms with Gasteiger partial charge in [-0.25, -0.2) is 4.39 Å². The first-order valence-electron chi connectivity index (χ1n) is 9.77. The number of rotatable bonds is 6. The summed E-state index contributed by atoms with van der Waals surface area (Å²) in [6, 6.07) is 6.17. The lowest BCUT2D eigenvalue weighted by atomic mass is 9.80. The molecule has 0 radical (unpaired) electrons. The highest BCUT2D eigenvalue weighted by molar-refractivity contribution is 5.87. The maximum absolute atomic E-state index is 13.6. The molecule has 1 aromatic rings. The number of nitrogens with zero attached hydrogens (tertiary/aromatic N) is 1. The van der Waals surface area contributed by atoms with Crippen molar-refractivity contribution < 1.29 is 23.5 Å². The summed E-state index contributed by atoms with van der Waals surface area (Å²) in [6.45, 7) is 2.21. The lowest BCUT2D eigenvalue weighted by molar-refractivity contribution is -0.136. The minimum atomic E-state index is -0.695. The van der Waals surface area contributed by atoms with Crippen molar-refractivity contribution in [3.05, 3.63) is 42.2 Å². The molecular formula is C21H25FN2O4. The van der Waals surface area contributed by atoms with Crippen LogP contribution in [0.3, 0.4) is 0 Å². The highest BCUT2D eigenvalue weighted by Gasteiger charge is 2.57. The van der Waals surface area contributed by atoms with E-state index in [1.165, 1.54) is 6.07 Å². The maximum atomic E-state index is 13.6. The fourth-order valence-corrected chi connectivity index (χ4v) is 4.37. The number of carbonyl (C=O) groups excluding carboxylic acids is 2. The van der Waals surface area contributed by atoms with Gasteiger partial charge in [-0.1, -0.05) is 24.3 Å². The lowest BCUT2D eigenvalue weighted by Crippen LogP contribution is -2.48. The number of ether oxygens (including phenoxy) is 2. The fraction of sp³-hybridized carbons (Fsp3) is 0.524. The smallest absolute Gasteiger partial charge is 0.230 e. The highest BCUT2D eigenvalue weighted by Crippen LogP contribution is 2.42. The predicted molar refractivity (Wildman–Crippen MR) is 100 cm³/mol. The molecule has 0 unspecified atom stereocenters. The first-order valence-corrected chi connectivity index (χ1v) is 9.77. The second-order valence-corrected chi connectivity index (χ2v) is 7.76. The maximum Gasteiger partial charge on any atom is 0.230 e. The van der Waals surface area contributed by atoms with E-state index in [9.17, 15) is 14.0 Å². The molecule has 2 fully saturated rings. The second kappa shape index (κ2) is 7.91. The van der Waals surface area contributed by atoms with Crippen LogP contribution in [-0.4, -0.2) is 56.2 Å². The minimum absolute atomic E-state index is 0.00836. The van der Waals surface area contributed by atoms with E-state index in [0.29, 0.717) is 26.3 Å². The van der Waals surface area contributed by atoms with Crippen LogP contribution in [0.2, 0.25) is 0 Å². The van der Waals surface area contributed by atoms with Crippen molar-refractivity contribution >= 4 is 11.8 Å². The van der Waals surface area contributed by atoms with Gasteiger partial charge < -0.3 is 19.7 Å². The van der Waals surface area contributed by atoms with Crippen LogP contribution in [0.15, 0.2) is 36.4 Å². The Kier molecular flexibility index (Phi) is 5.35. The average molecular weight is 388 g/mol. The van der Waals surface area contributed by atoms with Gasteiger partial charge in [-0.15, -0.1) is 0 Å². The van der Waals surface area contributed by atoms with E-state index in [0.717, 1.165) is 12.8 Å². The molecule has 150 valence electrons. The van der Waals surface area contributed by atoms with Crippen molar-refractivity contribution in [2.45, 2.75) is 12.8 Å². The average Bonchev–Trinajstić information content (AvgIpc) is 3.41. The van der Waals surface area contributed by atoms with Gasteiger partial charge in [0.1, 0.15) is 6.61 Å². The molecule has 1 N–H and O–H groups in total. The van der Waals surface area contributed by atoms with E-state index in [4.69, 9.17) is 9.47 Å². The van der Waals surface area contributed by atoms with E-state index < -0.39 is 11.2 Å². The Balaban J connectivity index is 1.32. The van der Waals surface area contributed by atoms with E-state index in [1.807, 2.05) is 17.1 Å². The number of carbonyl (C=O) groups is 2. The monoisotopic (exact) mass is 388 g/mol. The lowest BCUT2D eigenvalue weighted by Gasteiger charge is -2.26. The van der Waals surface area contributed by atoms with Gasteiger partial charge in [0.05, 0.1) is 25.2 Å². The Hall–Kier alpha value is -2.41. The Morgan fingerprint density at radius 2 is 2.07 bits per heavy atom. The summed E-state index contributed by atoms with van der Waals surface area (Å²) < 4.78 is 24.6. The summed E-state index contributed by atoms with van der Waals surface area (Å²) in [7, 11) is 0. The molecule has 2 heterocycles. The number of allylic oxidation sites excluding steroid dienone is 2. The Labute approximate surface area is 163 Å². The zero-order valence-electron chi connectivity index (χ0n) is 15.7. The largest absolute Gasteiger partial charge is 0.489 e. The number of hydrogen-bond donors (Lipinski definition) is 1. The number of hydrogen-bond acceptors (Lipinski definition) is 4. The van der Waals surface area contributed by atoms with Crippen LogP contribution in [0, 0.1) is 23.1 Å². The van der Waals surface area contributed by atoms with E-state index in [-0.39, 0.29) is 42.6 Å². The Morgan fingerprint density at radius 3 is 2.86 bits per heavy atom. The molecule has 3 aliphatic rings. The van der Waals surface area contributed by atoms with Gasteiger partial charge in [-0.05, 0) is 25.0 Å². The van der Waals surface area contributed by atoms with Crippen LogP contribution >= 0.6 is 0 Å². The number of likely N-dealkylation sites (tertiary alicyclic amines) is 1. The molecule has 0 bridgehead atoms. The van der Waals surface area contributed by atoms with E-state index >= 15 is 0 Å². The van der Waals surface area contributed by atoms with Crippen molar-refractivity contribution in [1.82, 2.24) is 10.2 Å². The third-order valence-corrected chi connectivity index (χ3v) is 5.98. The van der Waals surface area contributed by atoms with Gasteiger partial charge in [-0.2, -0.15) is 0 Å². The van der Waals surface area contributed by atoms with Crippen LogP contribution in [-0.2, 0) is 14.3 Å². The molecule has 6 nitrogen and oxygen atoms in total. The molecule has 2 atom stereocenters. The summed E-state index contributed by atoms with van der Waals surface area (Å²) in [5, 5.41) is 2.89. The molecule has 2 saturated heterocycles. The highest BCUT2D eigenvalue weighted by atomic mass is 19.1. The van der Waals surface area contributed by atoms with Crippen LogP contribution < -0.4 is 10.1 Å². The van der Waals surface area contributed by atoms with Gasteiger partial charge in [0.2, 0.25) is 11.8 Å². The topological polar surface area (TPSA) is 67.9 Å². The number of halogens is 1. The predicted octanol–water partition coefficient (Wildman–Crippen LogP) is 1.76. The summed E-state index contributed by atoms with van der Waals surface area (Å²) in [5.74, 6) is -0.225. The molecule has 0 aromatic heterocycles. The Morgan fingerprint density at radius 1 is 1.29 bits per heavy atom. The van der Waals surface area contributed by atoms with Crippen molar-refractivity contribution in [2.24, 2.45) is 17.3 Å². The molecule has 1 aliphatic carbocycles. The molecule has 7 heteroatoms. The van der Waals surface area contributed by atoms with Gasteiger partial charge >= 0.3 is 0 Å². The van der Waals surface area contributed by atoms with Crippen LogP contribution in [0.4, 0.5) is 4.39 Å². The SMILES string of the molecule is O=C(C1CC=CC1)N1C[C@@H]2COC[C@]2(C(=O)NCCOc2ccccc2F)C1. The zero-order chi connectivity index (χ0) is 19.6. The molecule has 1 aromatic carbocycles. The van der Waals surface area contributed by atoms with Crippen LogP contribution in [0.5, 0.6) is 5.75 Å². The summed E-state index contributed by atoms with van der Waals surface area (Å²) in [5.41, 5.74) is -0.695. The van der Waals surface area contributed by atoms with Crippen molar-refractivity contribution in [2.75, 3.05) is 39.5 Å². The zero-order valence-corrected chi connectivity index (χ0v) is 15.7. The molecule has 2 aliphatic heterocycles. The van der Waals surface area contributed by atoms with E-state index in [2.05, 4.69) is 5.32 Å². The number of benzene rings is 1. The van der Waals surface area contributed by atoms with E-state index in [1.54, 1.807) is 18.2 Å². The normalized spacial score (nSPS) is 26.5. The van der Waals surface area contributed by atoms with Gasteiger partial charge in [0.25, 0.3) is 0 Å². The number of fused-ring (bicyclic) bond motifs is 1. The molecule has 0 spiro atoms. The van der Waals surface area contributed by atoms with Crippen molar-refractivity contribution in [3.63, 3.8) is 0 Å². The summed E-state index contributed by atoms with van der Waals surface area (Å²) in [6.07, 6.45) is 5.65. The summed E-state index contributed by atoms with van der Waals surface area (Å²) in [4.78, 5) is 27.5. The standard InChI is InChI=1S/C21H25FN2O4/c22-17-7-3-4-8-18(17)28-10-9-23-20(26)21-13-24(11-16(21)12-27-14-21)19(25)15-5-1-2-6-15/h1-4,7-8,15-16H,5-6,9-14H2,(H,23,26)/t16-,21-/m1/s1. The first-order chi connectivity index (χ1) is 13.6. The third kappa shape index (κ3) is 3.51. The number of para-hydroxylation sites is 1. The number of amides is 2. The first kappa shape index (κ1) is 18.9. The molecule has 0 saturated carbocycles. The van der Waals surface area contributed by atoms with Crippen molar-refractivity contribution in [1.29, 1.82) is 0 Å². The quantitative estimate of drug-likeness (QED) is 0.596. The van der Waals surface area contributed by atoms with Gasteiger partial charge in [0, 0.05) is 24.9 Å². The second-order valence-electron chi connectivity index (χ2n) is 7.76. The fourth-order valence-electron chi connectivity index (χ4n) is 4.37. The minimum Gasteiger partial charge on any atom is -0.489 e. The molecule has 4 rings (SSSR count). The van der Waals surface area contributed by atoms with Crippen LogP contribution in [0.1, 0.15) is 12.8 Å². The number of nitrogens with one attached hydrogen (secondary N) is 1. The molecule has 28 heavy (non-hydrogen) atoms. The Bertz CT molecular complexity index is 775.